The summed E-state index contributed by atoms with van der Waals surface area (Å²) in [6, 6.07) is 10.4. The molecular weight excluding hydrogens is 431 g/mol. The smallest absolute Gasteiger partial charge is 0.288 e. The molecule has 154 valence electrons. The summed E-state index contributed by atoms with van der Waals surface area (Å²) in [5, 5.41) is 20.7. The lowest BCUT2D eigenvalue weighted by Gasteiger charge is -2.31. The van der Waals surface area contributed by atoms with Gasteiger partial charge in [0.05, 0.1) is 4.92 Å². The quantitative estimate of drug-likeness (QED) is 0.419. The van der Waals surface area contributed by atoms with E-state index < -0.39 is 4.92 Å². The third-order valence-electron chi connectivity index (χ3n) is 4.99. The number of carbonyl (C=O) groups is 1. The SMILES string of the molecule is O=C(c1ccc(Cl)c([N+](=O)[O-])c1)N1CCCC(c2nnc(-c3ccccc3F)s2)C1. The monoisotopic (exact) mass is 446 g/mol. The molecule has 1 aliphatic heterocycles. The molecule has 1 aliphatic rings. The second kappa shape index (κ2) is 8.45. The highest BCUT2D eigenvalue weighted by Gasteiger charge is 2.29. The van der Waals surface area contributed by atoms with Crippen LogP contribution in [-0.2, 0) is 0 Å². The molecule has 0 spiro atoms. The van der Waals surface area contributed by atoms with Gasteiger partial charge >= 0.3 is 0 Å². The Bertz CT molecular complexity index is 1120. The van der Waals surface area contributed by atoms with E-state index in [1.807, 2.05) is 0 Å². The van der Waals surface area contributed by atoms with Crippen molar-refractivity contribution >= 4 is 34.5 Å². The van der Waals surface area contributed by atoms with E-state index in [4.69, 9.17) is 11.6 Å². The predicted molar refractivity (Wildman–Crippen MR) is 111 cm³/mol. The number of nitro groups is 1. The van der Waals surface area contributed by atoms with Gasteiger partial charge in [-0.15, -0.1) is 10.2 Å². The number of nitrogens with zero attached hydrogens (tertiary/aromatic N) is 4. The van der Waals surface area contributed by atoms with Gasteiger partial charge in [-0.1, -0.05) is 35.1 Å². The van der Waals surface area contributed by atoms with E-state index in [0.717, 1.165) is 17.8 Å². The maximum atomic E-state index is 14.0. The molecule has 0 N–H and O–H groups in total. The first-order valence-electron chi connectivity index (χ1n) is 9.25. The standard InChI is InChI=1S/C20H16ClFN4O3S/c21-15-8-7-12(10-17(15)26(28)29)20(27)25-9-3-4-13(11-25)18-23-24-19(30-18)14-5-1-2-6-16(14)22/h1-2,5-8,10,13H,3-4,9,11H2. The van der Waals surface area contributed by atoms with Crippen molar-refractivity contribution in [1.29, 1.82) is 0 Å². The molecule has 2 aromatic carbocycles. The van der Waals surface area contributed by atoms with Crippen LogP contribution in [0.4, 0.5) is 10.1 Å². The van der Waals surface area contributed by atoms with E-state index in [1.54, 1.807) is 23.1 Å². The van der Waals surface area contributed by atoms with E-state index >= 15 is 0 Å². The van der Waals surface area contributed by atoms with Crippen molar-refractivity contribution in [3.05, 3.63) is 74.0 Å². The van der Waals surface area contributed by atoms with Crippen molar-refractivity contribution in [2.24, 2.45) is 0 Å². The van der Waals surface area contributed by atoms with Gasteiger partial charge in [0, 0.05) is 36.2 Å². The number of aromatic nitrogens is 2. The Kier molecular flexibility index (Phi) is 5.74. The van der Waals surface area contributed by atoms with Crippen LogP contribution in [0.3, 0.4) is 0 Å². The lowest BCUT2D eigenvalue weighted by atomic mass is 9.98. The van der Waals surface area contributed by atoms with Crippen LogP contribution in [0, 0.1) is 15.9 Å². The first-order valence-corrected chi connectivity index (χ1v) is 10.4. The number of benzene rings is 2. The van der Waals surface area contributed by atoms with Crippen molar-refractivity contribution in [1.82, 2.24) is 15.1 Å². The van der Waals surface area contributed by atoms with Crippen LogP contribution >= 0.6 is 22.9 Å². The van der Waals surface area contributed by atoms with E-state index in [9.17, 15) is 19.3 Å². The highest BCUT2D eigenvalue weighted by molar-refractivity contribution is 7.14. The lowest BCUT2D eigenvalue weighted by molar-refractivity contribution is -0.384. The van der Waals surface area contributed by atoms with Crippen LogP contribution in [0.15, 0.2) is 42.5 Å². The largest absolute Gasteiger partial charge is 0.338 e. The molecule has 1 atom stereocenters. The molecule has 1 saturated heterocycles. The van der Waals surface area contributed by atoms with Crippen molar-refractivity contribution in [2.75, 3.05) is 13.1 Å². The summed E-state index contributed by atoms with van der Waals surface area (Å²) in [4.78, 5) is 25.1. The molecule has 30 heavy (non-hydrogen) atoms. The molecule has 0 radical (unpaired) electrons. The molecule has 0 aliphatic carbocycles. The third-order valence-corrected chi connectivity index (χ3v) is 6.43. The molecule has 4 rings (SSSR count). The summed E-state index contributed by atoms with van der Waals surface area (Å²) in [5.74, 6) is -0.675. The number of hydrogen-bond donors (Lipinski definition) is 0. The Morgan fingerprint density at radius 3 is 2.83 bits per heavy atom. The molecule has 1 amide bonds. The predicted octanol–water partition coefficient (Wildman–Crippen LogP) is 4.93. The average molecular weight is 447 g/mol. The molecule has 7 nitrogen and oxygen atoms in total. The summed E-state index contributed by atoms with van der Waals surface area (Å²) in [7, 11) is 0. The molecule has 0 bridgehead atoms. The molecule has 3 aromatic rings. The zero-order chi connectivity index (χ0) is 21.3. The molecule has 2 heterocycles. The maximum Gasteiger partial charge on any atom is 0.288 e. The lowest BCUT2D eigenvalue weighted by Crippen LogP contribution is -2.39. The number of carbonyl (C=O) groups excluding carboxylic acids is 1. The summed E-state index contributed by atoms with van der Waals surface area (Å²) in [6.07, 6.45) is 1.59. The van der Waals surface area contributed by atoms with Crippen LogP contribution in [0.1, 0.15) is 34.1 Å². The van der Waals surface area contributed by atoms with Crippen LogP contribution in [0.25, 0.3) is 10.6 Å². The molecule has 10 heteroatoms. The number of rotatable bonds is 4. The average Bonchev–Trinajstić information content (AvgIpc) is 3.24. The van der Waals surface area contributed by atoms with Gasteiger partial charge in [0.15, 0.2) is 5.01 Å². The van der Waals surface area contributed by atoms with E-state index in [2.05, 4.69) is 10.2 Å². The van der Waals surface area contributed by atoms with Gasteiger partial charge < -0.3 is 4.90 Å². The van der Waals surface area contributed by atoms with E-state index in [1.165, 1.54) is 35.6 Å². The van der Waals surface area contributed by atoms with Crippen molar-refractivity contribution in [3.8, 4) is 10.6 Å². The fourth-order valence-corrected chi connectivity index (χ4v) is 4.66. The third kappa shape index (κ3) is 4.03. The minimum absolute atomic E-state index is 0.0115. The highest BCUT2D eigenvalue weighted by atomic mass is 35.5. The second-order valence-electron chi connectivity index (χ2n) is 6.94. The van der Waals surface area contributed by atoms with Crippen LogP contribution < -0.4 is 0 Å². The summed E-state index contributed by atoms with van der Waals surface area (Å²) < 4.78 is 14.0. The van der Waals surface area contributed by atoms with Gasteiger partial charge in [0.25, 0.3) is 11.6 Å². The summed E-state index contributed by atoms with van der Waals surface area (Å²) >= 11 is 7.16. The second-order valence-corrected chi connectivity index (χ2v) is 8.36. The van der Waals surface area contributed by atoms with Gasteiger partial charge in [0.2, 0.25) is 0 Å². The van der Waals surface area contributed by atoms with Gasteiger partial charge in [-0.05, 0) is 37.1 Å². The first kappa shape index (κ1) is 20.4. The topological polar surface area (TPSA) is 89.2 Å². The van der Waals surface area contributed by atoms with Crippen molar-refractivity contribution in [2.45, 2.75) is 18.8 Å². The first-order chi connectivity index (χ1) is 14.4. The van der Waals surface area contributed by atoms with Crippen LogP contribution in [0.2, 0.25) is 5.02 Å². The zero-order valence-electron chi connectivity index (χ0n) is 15.6. The Balaban J connectivity index is 1.53. The molecule has 0 saturated carbocycles. The summed E-state index contributed by atoms with van der Waals surface area (Å²) in [5.41, 5.74) is 0.323. The van der Waals surface area contributed by atoms with Gasteiger partial charge in [-0.3, -0.25) is 14.9 Å². The van der Waals surface area contributed by atoms with Crippen LogP contribution in [0.5, 0.6) is 0 Å². The number of halogens is 2. The Labute approximate surface area is 180 Å². The molecular formula is C20H16ClFN4O3S. The molecule has 1 aromatic heterocycles. The van der Waals surface area contributed by atoms with E-state index in [0.29, 0.717) is 23.7 Å². The Morgan fingerprint density at radius 2 is 2.07 bits per heavy atom. The van der Waals surface area contributed by atoms with Gasteiger partial charge in [-0.25, -0.2) is 4.39 Å². The molecule has 1 unspecified atom stereocenters. The van der Waals surface area contributed by atoms with Crippen molar-refractivity contribution < 1.29 is 14.1 Å². The van der Waals surface area contributed by atoms with Crippen LogP contribution in [-0.4, -0.2) is 39.0 Å². The fourth-order valence-electron chi connectivity index (χ4n) is 3.47. The fraction of sp³-hybridized carbons (Fsp3) is 0.250. The van der Waals surface area contributed by atoms with Crippen molar-refractivity contribution in [3.63, 3.8) is 0 Å². The highest BCUT2D eigenvalue weighted by Crippen LogP contribution is 2.34. The van der Waals surface area contributed by atoms with E-state index in [-0.39, 0.29) is 33.9 Å². The normalized spacial score (nSPS) is 16.5. The summed E-state index contributed by atoms with van der Waals surface area (Å²) in [6.45, 7) is 0.964. The Hall–Kier alpha value is -2.91. The number of likely N-dealkylation sites (tertiary alicyclic amines) is 1. The minimum Gasteiger partial charge on any atom is -0.338 e. The van der Waals surface area contributed by atoms with Gasteiger partial charge in [-0.2, -0.15) is 0 Å². The number of piperidine rings is 1. The minimum atomic E-state index is -0.608. The number of amides is 1. The number of hydrogen-bond acceptors (Lipinski definition) is 6. The zero-order valence-corrected chi connectivity index (χ0v) is 17.2. The molecule has 1 fully saturated rings. The number of nitro benzene ring substituents is 1. The van der Waals surface area contributed by atoms with Gasteiger partial charge in [0.1, 0.15) is 15.8 Å². The maximum absolute atomic E-state index is 14.0. The Morgan fingerprint density at radius 1 is 1.27 bits per heavy atom.